The largest absolute Gasteiger partial charge is 0.423 e. The summed E-state index contributed by atoms with van der Waals surface area (Å²) in [5, 5.41) is 18.9. The van der Waals surface area contributed by atoms with Crippen LogP contribution in [0.2, 0.25) is 0 Å². The van der Waals surface area contributed by atoms with Gasteiger partial charge in [0.1, 0.15) is 0 Å². The molecule has 6 nitrogen and oxygen atoms in total. The van der Waals surface area contributed by atoms with Crippen molar-refractivity contribution in [3.63, 3.8) is 0 Å². The predicted octanol–water partition coefficient (Wildman–Crippen LogP) is 2.48. The normalized spacial score (nSPS) is 35.4. The van der Waals surface area contributed by atoms with Gasteiger partial charge in [-0.2, -0.15) is 0 Å². The van der Waals surface area contributed by atoms with Gasteiger partial charge in [0.2, 0.25) is 11.8 Å². The number of hydrogen-bond donors (Lipinski definition) is 1. The molecule has 0 bridgehead atoms. The molecular formula is C18H29N3O3. The van der Waals surface area contributed by atoms with Crippen LogP contribution in [-0.2, 0) is 11.3 Å². The number of nitrogens with zero attached hydrogens (tertiary/aromatic N) is 3. The Morgan fingerprint density at radius 3 is 2.79 bits per heavy atom. The van der Waals surface area contributed by atoms with Crippen LogP contribution >= 0.6 is 0 Å². The van der Waals surface area contributed by atoms with Gasteiger partial charge in [0.15, 0.2) is 0 Å². The zero-order valence-corrected chi connectivity index (χ0v) is 14.4. The molecule has 3 aliphatic rings. The van der Waals surface area contributed by atoms with E-state index in [-0.39, 0.29) is 12.0 Å². The fraction of sp³-hybridized carbons (Fsp3) is 0.889. The highest BCUT2D eigenvalue weighted by Crippen LogP contribution is 2.35. The molecule has 134 valence electrons. The first-order valence-corrected chi connectivity index (χ1v) is 9.63. The fourth-order valence-corrected chi connectivity index (χ4v) is 4.73. The molecule has 6 heteroatoms. The van der Waals surface area contributed by atoms with Gasteiger partial charge in [0.05, 0.1) is 25.2 Å². The van der Waals surface area contributed by atoms with Gasteiger partial charge >= 0.3 is 0 Å². The van der Waals surface area contributed by atoms with Gasteiger partial charge in [-0.15, -0.1) is 10.2 Å². The van der Waals surface area contributed by atoms with E-state index >= 15 is 0 Å². The average Bonchev–Trinajstić information content (AvgIpc) is 3.26. The maximum Gasteiger partial charge on any atom is 0.230 e. The van der Waals surface area contributed by atoms with Crippen LogP contribution in [0, 0.1) is 5.92 Å². The maximum absolute atomic E-state index is 10.4. The molecule has 1 aromatic rings. The predicted molar refractivity (Wildman–Crippen MR) is 88.5 cm³/mol. The Bertz CT molecular complexity index is 529. The molecule has 4 unspecified atom stereocenters. The summed E-state index contributed by atoms with van der Waals surface area (Å²) in [4.78, 5) is 2.45. The number of aliphatic hydroxyl groups excluding tert-OH is 1. The van der Waals surface area contributed by atoms with Crippen LogP contribution in [0.15, 0.2) is 4.42 Å². The molecule has 0 aromatic carbocycles. The number of likely N-dealkylation sites (tertiary alicyclic amines) is 1. The Hall–Kier alpha value is -0.980. The molecule has 4 atom stereocenters. The summed E-state index contributed by atoms with van der Waals surface area (Å²) in [5.41, 5.74) is 0. The van der Waals surface area contributed by atoms with Crippen LogP contribution in [0.4, 0.5) is 0 Å². The Morgan fingerprint density at radius 1 is 1.04 bits per heavy atom. The molecule has 3 fully saturated rings. The summed E-state index contributed by atoms with van der Waals surface area (Å²) >= 11 is 0. The summed E-state index contributed by atoms with van der Waals surface area (Å²) in [6.07, 6.45) is 8.91. The molecule has 24 heavy (non-hydrogen) atoms. The Balaban J connectivity index is 1.39. The molecule has 3 heterocycles. The Morgan fingerprint density at radius 2 is 1.96 bits per heavy atom. The number of ether oxygens (including phenoxy) is 1. The summed E-state index contributed by atoms with van der Waals surface area (Å²) in [7, 11) is 0. The molecule has 0 spiro atoms. The smallest absolute Gasteiger partial charge is 0.230 e. The number of aliphatic hydroxyl groups is 1. The van der Waals surface area contributed by atoms with Crippen LogP contribution in [0.3, 0.4) is 0 Å². The SMILES string of the molecule is OC1CCCCC1C1CCCN1Cc1nnc(C2CCCOC2)o1. The highest BCUT2D eigenvalue weighted by molar-refractivity contribution is 4.95. The van der Waals surface area contributed by atoms with Crippen LogP contribution in [-0.4, -0.2) is 52.1 Å². The second-order valence-corrected chi connectivity index (χ2v) is 7.64. The lowest BCUT2D eigenvalue weighted by Crippen LogP contribution is -2.42. The molecule has 2 aliphatic heterocycles. The van der Waals surface area contributed by atoms with Gasteiger partial charge in [0, 0.05) is 18.6 Å². The first-order chi connectivity index (χ1) is 11.8. The molecule has 4 rings (SSSR count). The highest BCUT2D eigenvalue weighted by Gasteiger charge is 2.37. The van der Waals surface area contributed by atoms with Gasteiger partial charge in [-0.1, -0.05) is 12.8 Å². The molecular weight excluding hydrogens is 306 g/mol. The second kappa shape index (κ2) is 7.50. The minimum absolute atomic E-state index is 0.137. The molecule has 2 saturated heterocycles. The summed E-state index contributed by atoms with van der Waals surface area (Å²) in [6, 6.07) is 0.466. The van der Waals surface area contributed by atoms with E-state index in [0.717, 1.165) is 44.7 Å². The summed E-state index contributed by atoms with van der Waals surface area (Å²) in [6.45, 7) is 3.32. The number of hydrogen-bond acceptors (Lipinski definition) is 6. The van der Waals surface area contributed by atoms with Crippen molar-refractivity contribution >= 4 is 0 Å². The van der Waals surface area contributed by atoms with Crippen molar-refractivity contribution in [2.45, 2.75) is 76.0 Å². The van der Waals surface area contributed by atoms with Crippen LogP contribution in [0.1, 0.15) is 69.1 Å². The van der Waals surface area contributed by atoms with Crippen molar-refractivity contribution in [2.24, 2.45) is 5.92 Å². The lowest BCUT2D eigenvalue weighted by atomic mass is 9.80. The standard InChI is InChI=1S/C18H29N3O3/c22-16-8-2-1-6-14(16)15-7-3-9-21(15)11-17-19-20-18(24-17)13-5-4-10-23-12-13/h13-16,22H,1-12H2. The Labute approximate surface area is 143 Å². The van der Waals surface area contributed by atoms with Crippen LogP contribution < -0.4 is 0 Å². The van der Waals surface area contributed by atoms with E-state index in [4.69, 9.17) is 9.15 Å². The van der Waals surface area contributed by atoms with Crippen molar-refractivity contribution < 1.29 is 14.3 Å². The van der Waals surface area contributed by atoms with E-state index in [9.17, 15) is 5.11 Å². The highest BCUT2D eigenvalue weighted by atomic mass is 16.5. The van der Waals surface area contributed by atoms with Gasteiger partial charge in [0.25, 0.3) is 0 Å². The molecule has 0 radical (unpaired) electrons. The van der Waals surface area contributed by atoms with E-state index in [1.54, 1.807) is 0 Å². The number of aromatic nitrogens is 2. The zero-order valence-electron chi connectivity index (χ0n) is 14.4. The van der Waals surface area contributed by atoms with Gasteiger partial charge in [-0.25, -0.2) is 0 Å². The molecule has 1 aliphatic carbocycles. The topological polar surface area (TPSA) is 71.6 Å². The van der Waals surface area contributed by atoms with E-state index in [1.165, 1.54) is 25.7 Å². The fourth-order valence-electron chi connectivity index (χ4n) is 4.73. The van der Waals surface area contributed by atoms with Crippen molar-refractivity contribution in [3.8, 4) is 0 Å². The van der Waals surface area contributed by atoms with E-state index in [1.807, 2.05) is 0 Å². The van der Waals surface area contributed by atoms with Crippen molar-refractivity contribution in [2.75, 3.05) is 19.8 Å². The third kappa shape index (κ3) is 3.51. The van der Waals surface area contributed by atoms with Crippen LogP contribution in [0.25, 0.3) is 0 Å². The third-order valence-electron chi connectivity index (χ3n) is 6.02. The average molecular weight is 335 g/mol. The molecule has 1 aromatic heterocycles. The van der Waals surface area contributed by atoms with Crippen molar-refractivity contribution in [1.29, 1.82) is 0 Å². The minimum atomic E-state index is -0.137. The maximum atomic E-state index is 10.4. The third-order valence-corrected chi connectivity index (χ3v) is 6.02. The van der Waals surface area contributed by atoms with Gasteiger partial charge in [-0.05, 0) is 45.1 Å². The minimum Gasteiger partial charge on any atom is -0.423 e. The van der Waals surface area contributed by atoms with E-state index in [0.29, 0.717) is 31.0 Å². The molecule has 1 N–H and O–H groups in total. The first-order valence-electron chi connectivity index (χ1n) is 9.63. The Kier molecular flexibility index (Phi) is 5.15. The monoisotopic (exact) mass is 335 g/mol. The zero-order chi connectivity index (χ0) is 16.4. The quantitative estimate of drug-likeness (QED) is 0.911. The number of rotatable bonds is 4. The lowest BCUT2D eigenvalue weighted by molar-refractivity contribution is 0.0179. The molecule has 1 saturated carbocycles. The molecule has 0 amide bonds. The van der Waals surface area contributed by atoms with Crippen molar-refractivity contribution in [1.82, 2.24) is 15.1 Å². The second-order valence-electron chi connectivity index (χ2n) is 7.64. The lowest BCUT2D eigenvalue weighted by Gasteiger charge is -2.36. The van der Waals surface area contributed by atoms with E-state index in [2.05, 4.69) is 15.1 Å². The van der Waals surface area contributed by atoms with Gasteiger partial charge < -0.3 is 14.3 Å². The van der Waals surface area contributed by atoms with Crippen molar-refractivity contribution in [3.05, 3.63) is 11.8 Å². The van der Waals surface area contributed by atoms with Gasteiger partial charge in [-0.3, -0.25) is 4.90 Å². The van der Waals surface area contributed by atoms with Crippen LogP contribution in [0.5, 0.6) is 0 Å². The van der Waals surface area contributed by atoms with E-state index < -0.39 is 0 Å². The first kappa shape index (κ1) is 16.5. The summed E-state index contributed by atoms with van der Waals surface area (Å²) < 4.78 is 11.5. The summed E-state index contributed by atoms with van der Waals surface area (Å²) in [5.74, 6) is 2.12.